The number of fused-ring (bicyclic) bond motifs is 1. The molecule has 0 spiro atoms. The number of carbonyl (C=O) groups is 1. The summed E-state index contributed by atoms with van der Waals surface area (Å²) in [4.78, 5) is 17.1. The molecule has 12 heteroatoms. The topological polar surface area (TPSA) is 93.9 Å². The lowest BCUT2D eigenvalue weighted by atomic mass is 10.1. The van der Waals surface area contributed by atoms with Gasteiger partial charge in [-0.05, 0) is 31.2 Å². The maximum atomic E-state index is 14.8. The van der Waals surface area contributed by atoms with Gasteiger partial charge in [-0.3, -0.25) is 4.79 Å². The highest BCUT2D eigenvalue weighted by Crippen LogP contribution is 2.36. The van der Waals surface area contributed by atoms with Gasteiger partial charge in [0.15, 0.2) is 0 Å². The number of aromatic nitrogens is 3. The van der Waals surface area contributed by atoms with Crippen molar-refractivity contribution in [1.29, 1.82) is 0 Å². The molecule has 0 saturated heterocycles. The molecule has 4 aromatic rings. The van der Waals surface area contributed by atoms with Gasteiger partial charge >= 0.3 is 0 Å². The number of halogens is 3. The van der Waals surface area contributed by atoms with Gasteiger partial charge in [-0.2, -0.15) is 5.10 Å². The molecule has 2 aromatic heterocycles. The predicted octanol–water partition coefficient (Wildman–Crippen LogP) is 4.59. The third kappa shape index (κ3) is 4.29. The summed E-state index contributed by atoms with van der Waals surface area (Å²) in [5.74, 6) is -2.07. The van der Waals surface area contributed by atoms with Crippen molar-refractivity contribution >= 4 is 61.4 Å². The first-order valence-electron chi connectivity index (χ1n) is 8.66. The molecule has 2 aromatic carbocycles. The van der Waals surface area contributed by atoms with Crippen LogP contribution in [0.15, 0.2) is 36.5 Å². The fraction of sp³-hybridized carbons (Fsp3) is 0.105. The Labute approximate surface area is 190 Å². The lowest BCUT2D eigenvalue weighted by Crippen LogP contribution is -2.30. The van der Waals surface area contributed by atoms with Gasteiger partial charge in [0.05, 0.1) is 37.9 Å². The normalized spacial score (nSPS) is 11.8. The Morgan fingerprint density at radius 2 is 1.97 bits per heavy atom. The molecule has 0 aliphatic heterocycles. The molecule has 1 amide bonds. The fourth-order valence-corrected chi connectivity index (χ4v) is 4.66. The SMILES string of the molecule is Cc1ncc(-c2nn(-c3cc(F)c(C(=O)NS(C)(=O)=O)cc3Cl)c3ccc(Cl)cc23)s1. The van der Waals surface area contributed by atoms with Crippen molar-refractivity contribution in [3.63, 3.8) is 0 Å². The van der Waals surface area contributed by atoms with Gasteiger partial charge in [0, 0.05) is 22.7 Å². The Morgan fingerprint density at radius 1 is 1.23 bits per heavy atom. The molecular formula is C19H13Cl2FN4O3S2. The van der Waals surface area contributed by atoms with E-state index in [0.717, 1.165) is 28.3 Å². The molecule has 0 saturated carbocycles. The van der Waals surface area contributed by atoms with E-state index in [0.29, 0.717) is 21.6 Å². The zero-order chi connectivity index (χ0) is 22.5. The predicted molar refractivity (Wildman–Crippen MR) is 119 cm³/mol. The number of aryl methyl sites for hydroxylation is 1. The summed E-state index contributed by atoms with van der Waals surface area (Å²) in [6.45, 7) is 1.87. The molecule has 0 unspecified atom stereocenters. The van der Waals surface area contributed by atoms with Crippen LogP contribution in [-0.4, -0.2) is 35.3 Å². The largest absolute Gasteiger partial charge is 0.268 e. The number of nitrogens with zero attached hydrogens (tertiary/aromatic N) is 3. The number of rotatable bonds is 4. The Bertz CT molecular complexity index is 1460. The minimum Gasteiger partial charge on any atom is -0.268 e. The molecule has 2 heterocycles. The molecule has 0 bridgehead atoms. The van der Waals surface area contributed by atoms with Crippen molar-refractivity contribution in [2.75, 3.05) is 6.26 Å². The number of nitrogens with one attached hydrogen (secondary N) is 1. The highest BCUT2D eigenvalue weighted by atomic mass is 35.5. The van der Waals surface area contributed by atoms with Crippen LogP contribution in [0.2, 0.25) is 10.0 Å². The number of thiazole rings is 1. The van der Waals surface area contributed by atoms with Crippen LogP contribution in [0.4, 0.5) is 4.39 Å². The Balaban J connectivity index is 1.90. The van der Waals surface area contributed by atoms with Crippen LogP contribution in [0.5, 0.6) is 0 Å². The van der Waals surface area contributed by atoms with E-state index in [1.54, 1.807) is 29.1 Å². The number of hydrogen-bond acceptors (Lipinski definition) is 6. The Kier molecular flexibility index (Phi) is 5.50. The summed E-state index contributed by atoms with van der Waals surface area (Å²) in [7, 11) is -3.87. The first-order valence-corrected chi connectivity index (χ1v) is 12.1. The van der Waals surface area contributed by atoms with Crippen LogP contribution >= 0.6 is 34.5 Å². The van der Waals surface area contributed by atoms with Crippen LogP contribution in [-0.2, 0) is 10.0 Å². The molecule has 160 valence electrons. The number of hydrogen-bond donors (Lipinski definition) is 1. The van der Waals surface area contributed by atoms with E-state index in [2.05, 4.69) is 10.1 Å². The van der Waals surface area contributed by atoms with Crippen molar-refractivity contribution in [3.8, 4) is 16.3 Å². The van der Waals surface area contributed by atoms with Crippen LogP contribution < -0.4 is 4.72 Å². The van der Waals surface area contributed by atoms with Gasteiger partial charge in [0.1, 0.15) is 11.5 Å². The van der Waals surface area contributed by atoms with E-state index < -0.39 is 27.3 Å². The van der Waals surface area contributed by atoms with Crippen molar-refractivity contribution in [2.24, 2.45) is 0 Å². The van der Waals surface area contributed by atoms with E-state index in [-0.39, 0.29) is 10.7 Å². The van der Waals surface area contributed by atoms with Crippen LogP contribution in [0.1, 0.15) is 15.4 Å². The second-order valence-electron chi connectivity index (χ2n) is 6.65. The van der Waals surface area contributed by atoms with E-state index >= 15 is 0 Å². The standard InChI is InChI=1S/C19H13Cl2FN4O3S2/c1-9-23-8-17(30-9)18-12-5-10(20)3-4-15(12)26(24-18)16-7-14(22)11(6-13(16)21)19(27)25-31(2,28)29/h3-8H,1-2H3,(H,25,27). The minimum absolute atomic E-state index is 0.00596. The first kappa shape index (κ1) is 21.7. The van der Waals surface area contributed by atoms with E-state index in [4.69, 9.17) is 23.2 Å². The highest BCUT2D eigenvalue weighted by molar-refractivity contribution is 7.89. The summed E-state index contributed by atoms with van der Waals surface area (Å²) in [6.07, 6.45) is 2.48. The molecule has 7 nitrogen and oxygen atoms in total. The van der Waals surface area contributed by atoms with Gasteiger partial charge in [0.25, 0.3) is 5.91 Å². The monoisotopic (exact) mass is 498 g/mol. The number of benzene rings is 2. The fourth-order valence-electron chi connectivity index (χ4n) is 3.02. The summed E-state index contributed by atoms with van der Waals surface area (Å²) in [5, 5.41) is 6.67. The van der Waals surface area contributed by atoms with Gasteiger partial charge in [-0.1, -0.05) is 23.2 Å². The number of sulfonamides is 1. The molecule has 31 heavy (non-hydrogen) atoms. The third-order valence-electron chi connectivity index (χ3n) is 4.28. The van der Waals surface area contributed by atoms with Gasteiger partial charge in [0.2, 0.25) is 10.0 Å². The summed E-state index contributed by atoms with van der Waals surface area (Å²) < 4.78 is 40.5. The zero-order valence-corrected chi connectivity index (χ0v) is 19.1. The second-order valence-corrected chi connectivity index (χ2v) is 10.5. The molecule has 4 rings (SSSR count). The minimum atomic E-state index is -3.87. The van der Waals surface area contributed by atoms with Crippen molar-refractivity contribution < 1.29 is 17.6 Å². The van der Waals surface area contributed by atoms with Crippen molar-refractivity contribution in [3.05, 3.63) is 63.0 Å². The molecule has 0 fully saturated rings. The van der Waals surface area contributed by atoms with Crippen LogP contribution in [0, 0.1) is 12.7 Å². The maximum absolute atomic E-state index is 14.8. The highest BCUT2D eigenvalue weighted by Gasteiger charge is 2.22. The van der Waals surface area contributed by atoms with E-state index in [1.807, 2.05) is 6.92 Å². The Morgan fingerprint density at radius 3 is 2.61 bits per heavy atom. The van der Waals surface area contributed by atoms with E-state index in [9.17, 15) is 17.6 Å². The van der Waals surface area contributed by atoms with Gasteiger partial charge in [-0.25, -0.2) is 27.2 Å². The maximum Gasteiger partial charge on any atom is 0.267 e. The molecule has 0 radical (unpaired) electrons. The zero-order valence-electron chi connectivity index (χ0n) is 16.0. The Hall–Kier alpha value is -2.53. The summed E-state index contributed by atoms with van der Waals surface area (Å²) >= 11 is 14.0. The summed E-state index contributed by atoms with van der Waals surface area (Å²) in [6, 6.07) is 7.22. The average molecular weight is 499 g/mol. The molecule has 0 aliphatic rings. The van der Waals surface area contributed by atoms with Crippen molar-refractivity contribution in [2.45, 2.75) is 6.92 Å². The number of amides is 1. The van der Waals surface area contributed by atoms with E-state index in [1.165, 1.54) is 16.0 Å². The van der Waals surface area contributed by atoms with Crippen LogP contribution in [0.25, 0.3) is 27.2 Å². The lowest BCUT2D eigenvalue weighted by molar-refractivity contribution is 0.0978. The van der Waals surface area contributed by atoms with Gasteiger partial charge < -0.3 is 0 Å². The second kappa shape index (κ2) is 7.86. The average Bonchev–Trinajstić information content (AvgIpc) is 3.25. The quantitative estimate of drug-likeness (QED) is 0.443. The summed E-state index contributed by atoms with van der Waals surface area (Å²) in [5.41, 5.74) is 0.880. The van der Waals surface area contributed by atoms with Crippen LogP contribution in [0.3, 0.4) is 0 Å². The molecule has 0 aliphatic carbocycles. The first-order chi connectivity index (χ1) is 14.5. The smallest absolute Gasteiger partial charge is 0.267 e. The molecular weight excluding hydrogens is 486 g/mol. The number of carbonyl (C=O) groups excluding carboxylic acids is 1. The lowest BCUT2D eigenvalue weighted by Gasteiger charge is -2.10. The molecule has 1 N–H and O–H groups in total. The molecule has 0 atom stereocenters. The van der Waals surface area contributed by atoms with Crippen molar-refractivity contribution in [1.82, 2.24) is 19.5 Å². The third-order valence-corrected chi connectivity index (χ3v) is 6.30. The van der Waals surface area contributed by atoms with Gasteiger partial charge in [-0.15, -0.1) is 11.3 Å².